The molecule has 6 nitrogen and oxygen atoms in total. The Labute approximate surface area is 136 Å². The summed E-state index contributed by atoms with van der Waals surface area (Å²) >= 11 is 0. The Balaban J connectivity index is 1.84. The zero-order valence-corrected chi connectivity index (χ0v) is 14.1. The lowest BCUT2D eigenvalue weighted by molar-refractivity contribution is -0.121. The second-order valence-electron chi connectivity index (χ2n) is 5.49. The lowest BCUT2D eigenvalue weighted by Crippen LogP contribution is -2.30. The number of hydrogen-bond donors (Lipinski definition) is 2. The lowest BCUT2D eigenvalue weighted by Gasteiger charge is -2.10. The van der Waals surface area contributed by atoms with Crippen LogP contribution in [-0.4, -0.2) is 25.4 Å². The minimum Gasteiger partial charge on any atom is -0.354 e. The van der Waals surface area contributed by atoms with Gasteiger partial charge in [0.15, 0.2) is 0 Å². The highest BCUT2D eigenvalue weighted by Crippen LogP contribution is 2.09. The maximum atomic E-state index is 12.0. The van der Waals surface area contributed by atoms with Gasteiger partial charge < -0.3 is 9.88 Å². The number of carbonyl (C=O) groups is 1. The van der Waals surface area contributed by atoms with Gasteiger partial charge in [0.25, 0.3) is 0 Å². The summed E-state index contributed by atoms with van der Waals surface area (Å²) in [5, 5.41) is 7.91. The third kappa shape index (κ3) is 4.67. The summed E-state index contributed by atoms with van der Waals surface area (Å²) < 4.78 is 24.3. The Morgan fingerprint density at radius 3 is 2.17 bits per heavy atom. The van der Waals surface area contributed by atoms with Crippen LogP contribution in [0.4, 0.5) is 0 Å². The van der Waals surface area contributed by atoms with Gasteiger partial charge in [-0.2, -0.15) is 0 Å². The number of nitrogens with zero attached hydrogens (tertiary/aromatic N) is 1. The third-order valence-corrected chi connectivity index (χ3v) is 4.64. The summed E-state index contributed by atoms with van der Waals surface area (Å²) in [5.74, 6) is -0.0476. The quantitative estimate of drug-likeness (QED) is 0.828. The van der Waals surface area contributed by atoms with Crippen molar-refractivity contribution in [3.05, 3.63) is 53.3 Å². The van der Waals surface area contributed by atoms with Crippen LogP contribution in [0.1, 0.15) is 17.0 Å². The van der Waals surface area contributed by atoms with E-state index in [9.17, 15) is 13.2 Å². The fraction of sp³-hybridized carbons (Fsp3) is 0.312. The maximum Gasteiger partial charge on any atom is 0.239 e. The number of amides is 1. The molecule has 0 aliphatic carbocycles. The Kier molecular flexibility index (Phi) is 5.23. The largest absolute Gasteiger partial charge is 0.354 e. The normalized spacial score (nSPS) is 11.4. The van der Waals surface area contributed by atoms with E-state index in [0.29, 0.717) is 19.5 Å². The highest BCUT2D eigenvalue weighted by atomic mass is 32.2. The number of nitrogens with one attached hydrogen (secondary N) is 1. The van der Waals surface area contributed by atoms with Crippen LogP contribution >= 0.6 is 0 Å². The monoisotopic (exact) mass is 335 g/mol. The van der Waals surface area contributed by atoms with E-state index in [4.69, 9.17) is 5.14 Å². The number of carbonyl (C=O) groups excluding carboxylic acids is 1. The molecule has 7 heteroatoms. The smallest absolute Gasteiger partial charge is 0.239 e. The maximum absolute atomic E-state index is 12.0. The molecule has 0 aliphatic rings. The molecule has 2 aromatic rings. The molecule has 0 aliphatic heterocycles. The molecule has 124 valence electrons. The van der Waals surface area contributed by atoms with Gasteiger partial charge in [0.1, 0.15) is 6.54 Å². The van der Waals surface area contributed by atoms with Gasteiger partial charge in [-0.3, -0.25) is 4.79 Å². The lowest BCUT2D eigenvalue weighted by atomic mass is 10.1. The molecule has 0 spiro atoms. The summed E-state index contributed by atoms with van der Waals surface area (Å²) in [4.78, 5) is 12.0. The summed E-state index contributed by atoms with van der Waals surface area (Å²) in [7, 11) is -3.66. The fourth-order valence-electron chi connectivity index (χ4n) is 2.34. The van der Waals surface area contributed by atoms with Crippen LogP contribution in [-0.2, 0) is 27.8 Å². The van der Waals surface area contributed by atoms with Crippen molar-refractivity contribution in [1.29, 1.82) is 0 Å². The van der Waals surface area contributed by atoms with Crippen LogP contribution in [0.5, 0.6) is 0 Å². The van der Waals surface area contributed by atoms with Crippen LogP contribution in [0.15, 0.2) is 41.3 Å². The van der Waals surface area contributed by atoms with Gasteiger partial charge >= 0.3 is 0 Å². The molecule has 1 amide bonds. The molecule has 1 aromatic heterocycles. The number of aryl methyl sites for hydroxylation is 2. The first-order valence-corrected chi connectivity index (χ1v) is 8.83. The number of sulfonamides is 1. The molecule has 23 heavy (non-hydrogen) atoms. The first-order valence-electron chi connectivity index (χ1n) is 7.28. The van der Waals surface area contributed by atoms with Crippen molar-refractivity contribution < 1.29 is 13.2 Å². The Morgan fingerprint density at radius 1 is 1.09 bits per heavy atom. The molecule has 0 bridgehead atoms. The van der Waals surface area contributed by atoms with Gasteiger partial charge in [0, 0.05) is 17.9 Å². The molecule has 0 saturated carbocycles. The second kappa shape index (κ2) is 6.97. The predicted molar refractivity (Wildman–Crippen MR) is 88.4 cm³/mol. The molecule has 0 atom stereocenters. The van der Waals surface area contributed by atoms with Crippen LogP contribution < -0.4 is 10.5 Å². The molecule has 0 unspecified atom stereocenters. The van der Waals surface area contributed by atoms with E-state index in [1.807, 2.05) is 30.5 Å². The van der Waals surface area contributed by atoms with Crippen molar-refractivity contribution in [3.63, 3.8) is 0 Å². The van der Waals surface area contributed by atoms with E-state index in [1.165, 1.54) is 12.1 Å². The van der Waals surface area contributed by atoms with Crippen LogP contribution in [0.3, 0.4) is 0 Å². The summed E-state index contributed by atoms with van der Waals surface area (Å²) in [6, 6.07) is 10.3. The molecule has 0 radical (unpaired) electrons. The van der Waals surface area contributed by atoms with E-state index in [0.717, 1.165) is 17.0 Å². The van der Waals surface area contributed by atoms with Gasteiger partial charge in [-0.15, -0.1) is 0 Å². The number of nitrogens with two attached hydrogens (primary N) is 1. The SMILES string of the molecule is Cc1ccc(C)n1CC(=O)NCCc1ccc(S(N)(=O)=O)cc1. The van der Waals surface area contributed by atoms with Gasteiger partial charge in [0.2, 0.25) is 15.9 Å². The number of rotatable bonds is 6. The van der Waals surface area contributed by atoms with E-state index in [-0.39, 0.29) is 10.8 Å². The van der Waals surface area contributed by atoms with Crippen LogP contribution in [0.25, 0.3) is 0 Å². The van der Waals surface area contributed by atoms with Crippen molar-refractivity contribution in [1.82, 2.24) is 9.88 Å². The van der Waals surface area contributed by atoms with Gasteiger partial charge in [-0.1, -0.05) is 12.1 Å². The Hall–Kier alpha value is -2.12. The fourth-order valence-corrected chi connectivity index (χ4v) is 2.86. The third-order valence-electron chi connectivity index (χ3n) is 3.71. The minimum atomic E-state index is -3.66. The predicted octanol–water partition coefficient (Wildman–Crippen LogP) is 1.11. The van der Waals surface area contributed by atoms with Gasteiger partial charge in [0.05, 0.1) is 4.90 Å². The number of benzene rings is 1. The molecule has 3 N–H and O–H groups in total. The number of aromatic nitrogens is 1. The number of primary sulfonamides is 1. The van der Waals surface area contributed by atoms with E-state index < -0.39 is 10.0 Å². The molecular formula is C16H21N3O3S. The summed E-state index contributed by atoms with van der Waals surface area (Å²) in [6.45, 7) is 4.72. The molecule has 2 rings (SSSR count). The van der Waals surface area contributed by atoms with Gasteiger partial charge in [-0.25, -0.2) is 13.6 Å². The average molecular weight is 335 g/mol. The summed E-state index contributed by atoms with van der Waals surface area (Å²) in [5.41, 5.74) is 3.04. The van der Waals surface area contributed by atoms with Crippen molar-refractivity contribution in [2.45, 2.75) is 31.7 Å². The molecule has 1 aromatic carbocycles. The van der Waals surface area contributed by atoms with Crippen molar-refractivity contribution in [3.8, 4) is 0 Å². The van der Waals surface area contributed by atoms with Gasteiger partial charge in [-0.05, 0) is 50.1 Å². The number of hydrogen-bond acceptors (Lipinski definition) is 3. The van der Waals surface area contributed by atoms with E-state index >= 15 is 0 Å². The first kappa shape index (κ1) is 17.2. The van der Waals surface area contributed by atoms with Crippen LogP contribution in [0.2, 0.25) is 0 Å². The second-order valence-corrected chi connectivity index (χ2v) is 7.05. The zero-order chi connectivity index (χ0) is 17.0. The van der Waals surface area contributed by atoms with Crippen molar-refractivity contribution in [2.24, 2.45) is 5.14 Å². The first-order chi connectivity index (χ1) is 10.8. The molecule has 1 heterocycles. The highest BCUT2D eigenvalue weighted by molar-refractivity contribution is 7.89. The molecule has 0 saturated heterocycles. The van der Waals surface area contributed by atoms with Crippen molar-refractivity contribution >= 4 is 15.9 Å². The highest BCUT2D eigenvalue weighted by Gasteiger charge is 2.08. The van der Waals surface area contributed by atoms with Crippen molar-refractivity contribution in [2.75, 3.05) is 6.54 Å². The zero-order valence-electron chi connectivity index (χ0n) is 13.2. The van der Waals surface area contributed by atoms with E-state index in [1.54, 1.807) is 12.1 Å². The van der Waals surface area contributed by atoms with Crippen LogP contribution in [0, 0.1) is 13.8 Å². The Morgan fingerprint density at radius 2 is 1.65 bits per heavy atom. The summed E-state index contributed by atoms with van der Waals surface area (Å²) in [6.07, 6.45) is 0.625. The average Bonchev–Trinajstić information content (AvgIpc) is 2.79. The molecule has 0 fully saturated rings. The van der Waals surface area contributed by atoms with E-state index in [2.05, 4.69) is 5.32 Å². The topological polar surface area (TPSA) is 94.2 Å². The standard InChI is InChI=1S/C16H21N3O3S/c1-12-3-4-13(2)19(12)11-16(20)18-10-9-14-5-7-15(8-6-14)23(17,21)22/h3-8H,9-11H2,1-2H3,(H,18,20)(H2,17,21,22). The minimum absolute atomic E-state index is 0.0476. The Bertz CT molecular complexity index is 773. The molecular weight excluding hydrogens is 314 g/mol.